The number of nitrogens with zero attached hydrogens (tertiary/aromatic N) is 2. The van der Waals surface area contributed by atoms with Crippen LogP contribution >= 0.6 is 11.6 Å². The molecule has 7 nitrogen and oxygen atoms in total. The molecule has 0 unspecified atom stereocenters. The highest BCUT2D eigenvalue weighted by Gasteiger charge is 2.42. The van der Waals surface area contributed by atoms with Gasteiger partial charge in [-0.05, 0) is 35.9 Å². The number of aliphatic hydroxyl groups is 1. The Kier molecular flexibility index (Phi) is 8.11. The van der Waals surface area contributed by atoms with Gasteiger partial charge in [-0.15, -0.1) is 0 Å². The maximum absolute atomic E-state index is 10.6. The Balaban J connectivity index is 0.000000405. The van der Waals surface area contributed by atoms with E-state index in [2.05, 4.69) is 9.88 Å². The van der Waals surface area contributed by atoms with E-state index in [1.165, 1.54) is 5.56 Å². The lowest BCUT2D eigenvalue weighted by atomic mass is 9.87. The summed E-state index contributed by atoms with van der Waals surface area (Å²) in [6.45, 7) is 2.63. The second-order valence-corrected chi connectivity index (χ2v) is 9.55. The number of piperidine rings is 1. The predicted molar refractivity (Wildman–Crippen MR) is 131 cm³/mol. The number of likely N-dealkylation sites (tertiary alicyclic amines) is 1. The van der Waals surface area contributed by atoms with Crippen molar-refractivity contribution in [2.75, 3.05) is 26.2 Å². The highest BCUT2D eigenvalue weighted by atomic mass is 35.5. The number of aliphatic hydroxyl groups excluding tert-OH is 1. The van der Waals surface area contributed by atoms with Crippen molar-refractivity contribution in [1.29, 1.82) is 0 Å². The van der Waals surface area contributed by atoms with Gasteiger partial charge >= 0.3 is 12.1 Å². The number of ether oxygens (including phenoxy) is 2. The fourth-order valence-corrected chi connectivity index (χ4v) is 4.75. The Morgan fingerprint density at radius 1 is 1.19 bits per heavy atom. The van der Waals surface area contributed by atoms with Crippen LogP contribution in [0, 0.1) is 0 Å². The highest BCUT2D eigenvalue weighted by molar-refractivity contribution is 6.30. The normalized spacial score (nSPS) is 17.4. The number of aliphatic carboxylic acids is 1. The molecule has 0 amide bonds. The molecule has 0 saturated carbocycles. The number of β-amino-alcohol motifs (C(OH)–C–C–N with tert-alkyl or cyclic N) is 1. The van der Waals surface area contributed by atoms with Crippen molar-refractivity contribution < 1.29 is 37.7 Å². The Labute approximate surface area is 216 Å². The van der Waals surface area contributed by atoms with Crippen LogP contribution in [0.15, 0.2) is 54.7 Å². The molecular weight excluding hydrogens is 513 g/mol. The average molecular weight is 539 g/mol. The monoisotopic (exact) mass is 538 g/mol. The van der Waals surface area contributed by atoms with E-state index in [4.69, 9.17) is 31.0 Å². The number of carboxylic acid groups (broad SMARTS) is 1. The van der Waals surface area contributed by atoms with E-state index in [9.17, 15) is 18.3 Å². The van der Waals surface area contributed by atoms with Crippen LogP contribution in [0.5, 0.6) is 11.5 Å². The molecule has 1 fully saturated rings. The minimum Gasteiger partial charge on any atom is -0.489 e. The third-order valence-corrected chi connectivity index (χ3v) is 6.60. The summed E-state index contributed by atoms with van der Waals surface area (Å²) in [6.07, 6.45) is -1.08. The zero-order valence-corrected chi connectivity index (χ0v) is 20.5. The van der Waals surface area contributed by atoms with E-state index in [1.807, 2.05) is 48.5 Å². The number of carboxylic acids is 1. The van der Waals surface area contributed by atoms with E-state index in [0.29, 0.717) is 12.3 Å². The van der Waals surface area contributed by atoms with Crippen molar-refractivity contribution in [3.63, 3.8) is 0 Å². The van der Waals surface area contributed by atoms with Crippen LogP contribution < -0.4 is 9.47 Å². The van der Waals surface area contributed by atoms with E-state index in [0.717, 1.165) is 54.0 Å². The fourth-order valence-electron chi connectivity index (χ4n) is 4.55. The molecule has 1 saturated heterocycles. The Hall–Kier alpha value is -3.08. The van der Waals surface area contributed by atoms with Crippen molar-refractivity contribution in [3.05, 3.63) is 65.3 Å². The van der Waals surface area contributed by atoms with Gasteiger partial charge in [0.2, 0.25) is 0 Å². The lowest BCUT2D eigenvalue weighted by Gasteiger charge is -2.39. The van der Waals surface area contributed by atoms with Gasteiger partial charge in [0.25, 0.3) is 0 Å². The third kappa shape index (κ3) is 6.82. The molecule has 0 radical (unpaired) electrons. The summed E-state index contributed by atoms with van der Waals surface area (Å²) >= 11 is 6.13. The smallest absolute Gasteiger partial charge is 0.489 e. The summed E-state index contributed by atoms with van der Waals surface area (Å²) in [5.41, 5.74) is 1.90. The SMILES string of the molecule is O=C(O)C(F)(F)F.O[C@H](COc1cccc2cccnc12)CN1CCC2(CC1)Cc1cc(Cl)ccc1O2. The van der Waals surface area contributed by atoms with Gasteiger partial charge in [-0.2, -0.15) is 13.2 Å². The first-order chi connectivity index (χ1) is 17.5. The Morgan fingerprint density at radius 3 is 2.59 bits per heavy atom. The number of para-hydroxylation sites is 1. The number of alkyl halides is 3. The van der Waals surface area contributed by atoms with Gasteiger partial charge in [-0.1, -0.05) is 29.8 Å². The number of pyridine rings is 1. The van der Waals surface area contributed by atoms with Crippen molar-refractivity contribution >= 4 is 28.5 Å². The van der Waals surface area contributed by atoms with E-state index in [1.54, 1.807) is 6.20 Å². The first kappa shape index (κ1) is 27.0. The minimum atomic E-state index is -5.08. The number of hydrogen-bond donors (Lipinski definition) is 2. The summed E-state index contributed by atoms with van der Waals surface area (Å²) < 4.78 is 43.9. The van der Waals surface area contributed by atoms with Crippen LogP contribution in [-0.2, 0) is 11.2 Å². The molecule has 2 aromatic carbocycles. The van der Waals surface area contributed by atoms with Gasteiger partial charge < -0.3 is 24.6 Å². The topological polar surface area (TPSA) is 92.1 Å². The van der Waals surface area contributed by atoms with E-state index in [-0.39, 0.29) is 12.2 Å². The maximum atomic E-state index is 10.6. The lowest BCUT2D eigenvalue weighted by Crippen LogP contribution is -2.49. The molecule has 0 aliphatic carbocycles. The van der Waals surface area contributed by atoms with Gasteiger partial charge in [-0.3, -0.25) is 4.98 Å². The van der Waals surface area contributed by atoms with Crippen LogP contribution in [0.2, 0.25) is 5.02 Å². The number of hydrogen-bond acceptors (Lipinski definition) is 6. The first-order valence-corrected chi connectivity index (χ1v) is 12.1. The molecule has 198 valence electrons. The Morgan fingerprint density at radius 2 is 1.89 bits per heavy atom. The van der Waals surface area contributed by atoms with Crippen LogP contribution in [0.1, 0.15) is 18.4 Å². The predicted octanol–water partition coefficient (Wildman–Crippen LogP) is 4.73. The first-order valence-electron chi connectivity index (χ1n) is 11.7. The van der Waals surface area contributed by atoms with E-state index < -0.39 is 18.2 Å². The maximum Gasteiger partial charge on any atom is 0.490 e. The largest absolute Gasteiger partial charge is 0.490 e. The number of aromatic nitrogens is 1. The summed E-state index contributed by atoms with van der Waals surface area (Å²) in [5, 5.41) is 19.4. The number of rotatable bonds is 5. The molecule has 5 rings (SSSR count). The van der Waals surface area contributed by atoms with Crippen molar-refractivity contribution in [1.82, 2.24) is 9.88 Å². The molecule has 3 aromatic rings. The van der Waals surface area contributed by atoms with Gasteiger partial charge in [0.1, 0.15) is 35.3 Å². The van der Waals surface area contributed by atoms with Gasteiger partial charge in [0, 0.05) is 55.5 Å². The lowest BCUT2D eigenvalue weighted by molar-refractivity contribution is -0.192. The van der Waals surface area contributed by atoms with Gasteiger partial charge in [0.05, 0.1) is 0 Å². The molecule has 3 heterocycles. The summed E-state index contributed by atoms with van der Waals surface area (Å²) in [5.74, 6) is -1.09. The van der Waals surface area contributed by atoms with Gasteiger partial charge in [-0.25, -0.2) is 4.79 Å². The molecule has 2 N–H and O–H groups in total. The highest BCUT2D eigenvalue weighted by Crippen LogP contribution is 2.42. The summed E-state index contributed by atoms with van der Waals surface area (Å²) in [7, 11) is 0. The molecule has 1 atom stereocenters. The molecule has 11 heteroatoms. The standard InChI is InChI=1S/C24H25ClN2O3.C2HF3O2/c25-19-6-7-21-18(13-19)14-24(30-21)8-11-27(12-9-24)15-20(28)16-29-22-5-1-3-17-4-2-10-26-23(17)22;3-2(4,5)1(6)7/h1-7,10,13,20,28H,8-9,11-12,14-16H2;(H,6,7)/t20-;/m0./s1. The number of halogens is 4. The fraction of sp³-hybridized carbons (Fsp3) is 0.385. The average Bonchev–Trinajstić information content (AvgIpc) is 3.21. The minimum absolute atomic E-state index is 0.125. The molecule has 0 bridgehead atoms. The van der Waals surface area contributed by atoms with Crippen LogP contribution in [0.4, 0.5) is 13.2 Å². The second kappa shape index (κ2) is 11.1. The third-order valence-electron chi connectivity index (χ3n) is 6.37. The summed E-state index contributed by atoms with van der Waals surface area (Å²) in [4.78, 5) is 15.6. The van der Waals surface area contributed by atoms with Crippen molar-refractivity contribution in [2.45, 2.75) is 37.1 Å². The molecule has 1 spiro atoms. The van der Waals surface area contributed by atoms with Crippen LogP contribution in [0.25, 0.3) is 10.9 Å². The molecular formula is C26H26ClF3N2O5. The van der Waals surface area contributed by atoms with Crippen LogP contribution in [0.3, 0.4) is 0 Å². The van der Waals surface area contributed by atoms with Crippen molar-refractivity contribution in [3.8, 4) is 11.5 Å². The number of benzene rings is 2. The van der Waals surface area contributed by atoms with E-state index >= 15 is 0 Å². The quantitative estimate of drug-likeness (QED) is 0.485. The van der Waals surface area contributed by atoms with Gasteiger partial charge in [0.15, 0.2) is 0 Å². The Bertz CT molecular complexity index is 1240. The zero-order chi connectivity index (χ0) is 26.6. The molecule has 2 aliphatic rings. The summed E-state index contributed by atoms with van der Waals surface area (Å²) in [6, 6.07) is 15.6. The van der Waals surface area contributed by atoms with Crippen LogP contribution in [-0.4, -0.2) is 70.2 Å². The second-order valence-electron chi connectivity index (χ2n) is 9.11. The number of fused-ring (bicyclic) bond motifs is 2. The van der Waals surface area contributed by atoms with Crippen molar-refractivity contribution in [2.24, 2.45) is 0 Å². The molecule has 37 heavy (non-hydrogen) atoms. The molecule has 2 aliphatic heterocycles. The molecule has 1 aromatic heterocycles. The zero-order valence-electron chi connectivity index (χ0n) is 19.7. The number of carbonyl (C=O) groups is 1.